The van der Waals surface area contributed by atoms with Crippen molar-refractivity contribution in [1.29, 1.82) is 0 Å². The number of sulfonamides is 1. The maximum Gasteiger partial charge on any atom is 0.243 e. The standard InChI is InChI=1S/C20H30FN3O4S/c1-5-23(14-18(25)22-20(2,3)4)19(26)15-7-6-12-24(13-15)29(27,28)17-10-8-16(21)9-11-17/h8-11,15H,5-7,12-14H2,1-4H3,(H,22,25). The molecule has 1 heterocycles. The molecule has 1 atom stereocenters. The number of amides is 2. The predicted octanol–water partition coefficient (Wildman–Crippen LogP) is 1.99. The Hall–Kier alpha value is -2.00. The smallest absolute Gasteiger partial charge is 0.243 e. The lowest BCUT2D eigenvalue weighted by Crippen LogP contribution is -2.51. The average molecular weight is 428 g/mol. The Morgan fingerprint density at radius 2 is 1.86 bits per heavy atom. The van der Waals surface area contributed by atoms with E-state index in [-0.39, 0.29) is 29.8 Å². The second kappa shape index (κ2) is 9.21. The summed E-state index contributed by atoms with van der Waals surface area (Å²) in [5.74, 6) is -1.50. The van der Waals surface area contributed by atoms with Gasteiger partial charge in [-0.3, -0.25) is 9.59 Å². The summed E-state index contributed by atoms with van der Waals surface area (Å²) in [4.78, 5) is 26.6. The lowest BCUT2D eigenvalue weighted by Gasteiger charge is -2.34. The van der Waals surface area contributed by atoms with Crippen molar-refractivity contribution in [3.05, 3.63) is 30.1 Å². The monoisotopic (exact) mass is 427 g/mol. The molecule has 1 N–H and O–H groups in total. The summed E-state index contributed by atoms with van der Waals surface area (Å²) in [6.07, 6.45) is 1.11. The van der Waals surface area contributed by atoms with E-state index in [1.54, 1.807) is 6.92 Å². The summed E-state index contributed by atoms with van der Waals surface area (Å²) < 4.78 is 40.1. The highest BCUT2D eigenvalue weighted by molar-refractivity contribution is 7.89. The van der Waals surface area contributed by atoms with Crippen LogP contribution in [0.25, 0.3) is 0 Å². The summed E-state index contributed by atoms with van der Waals surface area (Å²) in [6, 6.07) is 4.66. The molecule has 7 nitrogen and oxygen atoms in total. The van der Waals surface area contributed by atoms with E-state index in [0.29, 0.717) is 25.9 Å². The van der Waals surface area contributed by atoms with E-state index in [1.165, 1.54) is 21.3 Å². The minimum atomic E-state index is -3.81. The first kappa shape index (κ1) is 23.3. The summed E-state index contributed by atoms with van der Waals surface area (Å²) in [7, 11) is -3.81. The third-order valence-electron chi connectivity index (χ3n) is 4.73. The minimum Gasteiger partial charge on any atom is -0.350 e. The van der Waals surface area contributed by atoms with Crippen molar-refractivity contribution in [2.75, 3.05) is 26.2 Å². The van der Waals surface area contributed by atoms with Gasteiger partial charge in [0, 0.05) is 25.2 Å². The van der Waals surface area contributed by atoms with Gasteiger partial charge in [-0.05, 0) is 64.8 Å². The maximum absolute atomic E-state index is 13.1. The molecule has 1 fully saturated rings. The van der Waals surface area contributed by atoms with Crippen molar-refractivity contribution in [1.82, 2.24) is 14.5 Å². The molecule has 0 aliphatic carbocycles. The van der Waals surface area contributed by atoms with Crippen molar-refractivity contribution < 1.29 is 22.4 Å². The number of hydrogen-bond donors (Lipinski definition) is 1. The van der Waals surface area contributed by atoms with Gasteiger partial charge in [-0.2, -0.15) is 4.31 Å². The summed E-state index contributed by atoms with van der Waals surface area (Å²) >= 11 is 0. The number of nitrogens with one attached hydrogen (secondary N) is 1. The summed E-state index contributed by atoms with van der Waals surface area (Å²) in [5.41, 5.74) is -0.398. The van der Waals surface area contributed by atoms with Crippen molar-refractivity contribution in [3.63, 3.8) is 0 Å². The number of benzene rings is 1. The molecule has 1 unspecified atom stereocenters. The fourth-order valence-electron chi connectivity index (χ4n) is 3.35. The molecule has 0 saturated carbocycles. The third-order valence-corrected chi connectivity index (χ3v) is 6.61. The van der Waals surface area contributed by atoms with Gasteiger partial charge in [-0.1, -0.05) is 0 Å². The van der Waals surface area contributed by atoms with Gasteiger partial charge in [0.25, 0.3) is 0 Å². The Morgan fingerprint density at radius 1 is 1.24 bits per heavy atom. The molecule has 1 aliphatic heterocycles. The second-order valence-corrected chi connectivity index (χ2v) is 10.2. The third kappa shape index (κ3) is 6.24. The molecule has 0 spiro atoms. The zero-order valence-corrected chi connectivity index (χ0v) is 18.3. The zero-order valence-electron chi connectivity index (χ0n) is 17.4. The number of halogens is 1. The van der Waals surface area contributed by atoms with E-state index in [9.17, 15) is 22.4 Å². The Balaban J connectivity index is 2.09. The van der Waals surface area contributed by atoms with Crippen LogP contribution in [0, 0.1) is 11.7 Å². The molecule has 1 aromatic rings. The van der Waals surface area contributed by atoms with Crippen molar-refractivity contribution in [2.45, 2.75) is 51.0 Å². The number of carbonyl (C=O) groups is 2. The van der Waals surface area contributed by atoms with Crippen molar-refractivity contribution >= 4 is 21.8 Å². The molecule has 1 aromatic carbocycles. The highest BCUT2D eigenvalue weighted by atomic mass is 32.2. The maximum atomic E-state index is 13.1. The number of piperidine rings is 1. The molecule has 29 heavy (non-hydrogen) atoms. The van der Waals surface area contributed by atoms with Crippen LogP contribution in [0.3, 0.4) is 0 Å². The fourth-order valence-corrected chi connectivity index (χ4v) is 4.88. The largest absolute Gasteiger partial charge is 0.350 e. The quantitative estimate of drug-likeness (QED) is 0.752. The van der Waals surface area contributed by atoms with E-state index < -0.39 is 27.3 Å². The van der Waals surface area contributed by atoms with Crippen LogP contribution in [0.15, 0.2) is 29.2 Å². The van der Waals surface area contributed by atoms with Gasteiger partial charge in [-0.15, -0.1) is 0 Å². The molecule has 2 rings (SSSR count). The Kier molecular flexibility index (Phi) is 7.40. The summed E-state index contributed by atoms with van der Waals surface area (Å²) in [5, 5.41) is 2.83. The molecule has 1 aliphatic rings. The van der Waals surface area contributed by atoms with E-state index >= 15 is 0 Å². The highest BCUT2D eigenvalue weighted by Gasteiger charge is 2.35. The number of rotatable bonds is 6. The average Bonchev–Trinajstić information content (AvgIpc) is 2.64. The minimum absolute atomic E-state index is 0.00361. The normalized spacial score (nSPS) is 18.3. The number of nitrogens with zero attached hydrogens (tertiary/aromatic N) is 2. The van der Waals surface area contributed by atoms with Crippen LogP contribution < -0.4 is 5.32 Å². The van der Waals surface area contributed by atoms with Crippen LogP contribution in [0.4, 0.5) is 4.39 Å². The molecule has 162 valence electrons. The molecule has 0 bridgehead atoms. The van der Waals surface area contributed by atoms with Gasteiger partial charge < -0.3 is 10.2 Å². The van der Waals surface area contributed by atoms with Crippen LogP contribution in [0.2, 0.25) is 0 Å². The second-order valence-electron chi connectivity index (χ2n) is 8.31. The zero-order chi connectivity index (χ0) is 21.8. The van der Waals surface area contributed by atoms with Gasteiger partial charge in [0.05, 0.1) is 17.4 Å². The van der Waals surface area contributed by atoms with Crippen molar-refractivity contribution in [3.8, 4) is 0 Å². The first-order valence-electron chi connectivity index (χ1n) is 9.79. The lowest BCUT2D eigenvalue weighted by atomic mass is 9.98. The van der Waals surface area contributed by atoms with Crippen LogP contribution in [-0.2, 0) is 19.6 Å². The van der Waals surface area contributed by atoms with Crippen LogP contribution in [-0.4, -0.2) is 61.2 Å². The fraction of sp³-hybridized carbons (Fsp3) is 0.600. The van der Waals surface area contributed by atoms with Crippen molar-refractivity contribution in [2.24, 2.45) is 5.92 Å². The molecule has 0 aromatic heterocycles. The number of likely N-dealkylation sites (N-methyl/N-ethyl adjacent to an activating group) is 1. The SMILES string of the molecule is CCN(CC(=O)NC(C)(C)C)C(=O)C1CCCN(S(=O)(=O)c2ccc(F)cc2)C1. The number of hydrogen-bond acceptors (Lipinski definition) is 4. The predicted molar refractivity (Wildman–Crippen MR) is 108 cm³/mol. The lowest BCUT2D eigenvalue weighted by molar-refractivity contribution is -0.140. The molecular formula is C20H30FN3O4S. The van der Waals surface area contributed by atoms with E-state index in [1.807, 2.05) is 20.8 Å². The molecule has 9 heteroatoms. The molecule has 0 radical (unpaired) electrons. The molecule has 1 saturated heterocycles. The van der Waals surface area contributed by atoms with Gasteiger partial charge >= 0.3 is 0 Å². The van der Waals surface area contributed by atoms with Gasteiger partial charge in [0.15, 0.2) is 0 Å². The van der Waals surface area contributed by atoms with Gasteiger partial charge in [0.2, 0.25) is 21.8 Å². The van der Waals surface area contributed by atoms with E-state index in [0.717, 1.165) is 12.1 Å². The Morgan fingerprint density at radius 3 is 2.41 bits per heavy atom. The van der Waals surface area contributed by atoms with Gasteiger partial charge in [0.1, 0.15) is 5.82 Å². The Bertz CT molecular complexity index is 834. The van der Waals surface area contributed by atoms with E-state index in [2.05, 4.69) is 5.32 Å². The summed E-state index contributed by atoms with van der Waals surface area (Å²) in [6.45, 7) is 8.03. The number of carbonyl (C=O) groups excluding carboxylic acids is 2. The first-order chi connectivity index (χ1) is 13.4. The highest BCUT2D eigenvalue weighted by Crippen LogP contribution is 2.25. The van der Waals surface area contributed by atoms with E-state index in [4.69, 9.17) is 0 Å². The van der Waals surface area contributed by atoms with Crippen LogP contribution in [0.1, 0.15) is 40.5 Å². The Labute approximate surface area is 172 Å². The van der Waals surface area contributed by atoms with Crippen LogP contribution >= 0.6 is 0 Å². The molecule has 2 amide bonds. The first-order valence-corrected chi connectivity index (χ1v) is 11.2. The van der Waals surface area contributed by atoms with Gasteiger partial charge in [-0.25, -0.2) is 12.8 Å². The topological polar surface area (TPSA) is 86.8 Å². The molecular weight excluding hydrogens is 397 g/mol. The van der Waals surface area contributed by atoms with Crippen LogP contribution in [0.5, 0.6) is 0 Å².